The number of nitrogens with one attached hydrogen (secondary N) is 1. The fourth-order valence-corrected chi connectivity index (χ4v) is 2.59. The highest BCUT2D eigenvalue weighted by atomic mass is 35.5. The van der Waals surface area contributed by atoms with Gasteiger partial charge in [-0.15, -0.1) is 0 Å². The number of para-hydroxylation sites is 1. The van der Waals surface area contributed by atoms with E-state index in [-0.39, 0.29) is 11.9 Å². The summed E-state index contributed by atoms with van der Waals surface area (Å²) >= 11 is 5.84. The van der Waals surface area contributed by atoms with E-state index in [2.05, 4.69) is 17.2 Å². The number of benzene rings is 1. The van der Waals surface area contributed by atoms with Gasteiger partial charge in [0.2, 0.25) is 0 Å². The van der Waals surface area contributed by atoms with Gasteiger partial charge in [0, 0.05) is 31.0 Å². The number of carbonyl (C=O) groups is 1. The van der Waals surface area contributed by atoms with Crippen LogP contribution in [0, 0.1) is 0 Å². The summed E-state index contributed by atoms with van der Waals surface area (Å²) < 4.78 is 0. The van der Waals surface area contributed by atoms with Crippen LogP contribution in [-0.2, 0) is 6.54 Å². The van der Waals surface area contributed by atoms with Crippen LogP contribution in [-0.4, -0.2) is 23.5 Å². The van der Waals surface area contributed by atoms with Crippen molar-refractivity contribution in [3.05, 3.63) is 58.9 Å². The van der Waals surface area contributed by atoms with E-state index < -0.39 is 0 Å². The second kappa shape index (κ2) is 5.84. The maximum Gasteiger partial charge on any atom is 0.276 e. The molecule has 0 radical (unpaired) electrons. The zero-order chi connectivity index (χ0) is 14.8. The quantitative estimate of drug-likeness (QED) is 0.881. The van der Waals surface area contributed by atoms with E-state index in [0.29, 0.717) is 17.3 Å². The molecular formula is C16H16ClN3O. The Labute approximate surface area is 128 Å². The summed E-state index contributed by atoms with van der Waals surface area (Å²) in [7, 11) is 0. The zero-order valence-electron chi connectivity index (χ0n) is 11.7. The molecule has 1 unspecified atom stereocenters. The summed E-state index contributed by atoms with van der Waals surface area (Å²) in [6.45, 7) is 3.44. The molecule has 0 spiro atoms. The highest BCUT2D eigenvalue weighted by Crippen LogP contribution is 2.25. The normalized spacial score (nSPS) is 18.0. The Morgan fingerprint density at radius 3 is 2.90 bits per heavy atom. The average molecular weight is 302 g/mol. The fraction of sp³-hybridized carbons (Fsp3) is 0.250. The summed E-state index contributed by atoms with van der Waals surface area (Å²) in [6.07, 6.45) is 1.50. The predicted octanol–water partition coefficient (Wildman–Crippen LogP) is 2.87. The maximum atomic E-state index is 12.8. The van der Waals surface area contributed by atoms with Crippen molar-refractivity contribution in [1.29, 1.82) is 0 Å². The minimum atomic E-state index is -0.102. The largest absolute Gasteiger partial charge is 0.308 e. The average Bonchev–Trinajstić information content (AvgIpc) is 2.67. The molecule has 1 amide bonds. The summed E-state index contributed by atoms with van der Waals surface area (Å²) in [5.74, 6) is -0.102. The molecule has 0 saturated heterocycles. The van der Waals surface area contributed by atoms with Gasteiger partial charge in [-0.1, -0.05) is 29.8 Å². The molecule has 1 aliphatic rings. The number of rotatable bonds is 1. The van der Waals surface area contributed by atoms with Crippen molar-refractivity contribution >= 4 is 23.2 Å². The number of fused-ring (bicyclic) bond motifs is 1. The molecule has 1 aliphatic heterocycles. The molecule has 2 heterocycles. The number of pyridine rings is 1. The van der Waals surface area contributed by atoms with Crippen molar-refractivity contribution in [2.75, 3.05) is 11.4 Å². The summed E-state index contributed by atoms with van der Waals surface area (Å²) in [4.78, 5) is 18.7. The topological polar surface area (TPSA) is 45.2 Å². The van der Waals surface area contributed by atoms with Gasteiger partial charge in [-0.2, -0.15) is 0 Å². The standard InChI is InChI=1S/C16H16ClN3O/c1-11-10-20(15-5-3-2-4-12(15)8-18-11)16(21)14-7-6-13(17)9-19-14/h2-7,9,11,18H,8,10H2,1H3. The highest BCUT2D eigenvalue weighted by molar-refractivity contribution is 6.30. The Hall–Kier alpha value is -1.91. The molecule has 1 aromatic carbocycles. The van der Waals surface area contributed by atoms with Crippen LogP contribution < -0.4 is 10.2 Å². The van der Waals surface area contributed by atoms with Crippen LogP contribution in [0.1, 0.15) is 23.0 Å². The molecule has 0 saturated carbocycles. The molecule has 2 aromatic rings. The third-order valence-electron chi connectivity index (χ3n) is 3.57. The van der Waals surface area contributed by atoms with E-state index in [9.17, 15) is 4.79 Å². The molecule has 1 N–H and O–H groups in total. The van der Waals surface area contributed by atoms with Crippen molar-refractivity contribution < 1.29 is 4.79 Å². The minimum Gasteiger partial charge on any atom is -0.308 e. The van der Waals surface area contributed by atoms with Crippen LogP contribution in [0.3, 0.4) is 0 Å². The number of halogens is 1. The van der Waals surface area contributed by atoms with Crippen molar-refractivity contribution in [3.8, 4) is 0 Å². The van der Waals surface area contributed by atoms with Crippen molar-refractivity contribution in [3.63, 3.8) is 0 Å². The number of carbonyl (C=O) groups excluding carboxylic acids is 1. The smallest absolute Gasteiger partial charge is 0.276 e. The van der Waals surface area contributed by atoms with Crippen LogP contribution in [0.15, 0.2) is 42.6 Å². The third-order valence-corrected chi connectivity index (χ3v) is 3.80. The zero-order valence-corrected chi connectivity index (χ0v) is 12.5. The van der Waals surface area contributed by atoms with Crippen LogP contribution in [0.5, 0.6) is 0 Å². The van der Waals surface area contributed by atoms with Gasteiger partial charge in [-0.25, -0.2) is 4.98 Å². The van der Waals surface area contributed by atoms with E-state index in [1.807, 2.05) is 24.3 Å². The molecule has 21 heavy (non-hydrogen) atoms. The first kappa shape index (κ1) is 14.0. The van der Waals surface area contributed by atoms with E-state index in [4.69, 9.17) is 11.6 Å². The monoisotopic (exact) mass is 301 g/mol. The van der Waals surface area contributed by atoms with Gasteiger partial charge < -0.3 is 10.2 Å². The lowest BCUT2D eigenvalue weighted by Gasteiger charge is -2.24. The SMILES string of the molecule is CC1CN(C(=O)c2ccc(Cl)cn2)c2ccccc2CN1. The van der Waals surface area contributed by atoms with Crippen LogP contribution in [0.2, 0.25) is 5.02 Å². The second-order valence-electron chi connectivity index (χ2n) is 5.19. The van der Waals surface area contributed by atoms with Crippen molar-refractivity contribution in [2.45, 2.75) is 19.5 Å². The van der Waals surface area contributed by atoms with E-state index in [1.165, 1.54) is 6.20 Å². The molecule has 0 aliphatic carbocycles. The minimum absolute atomic E-state index is 0.102. The summed E-state index contributed by atoms with van der Waals surface area (Å²) in [5.41, 5.74) is 2.46. The van der Waals surface area contributed by atoms with Crippen LogP contribution in [0.25, 0.3) is 0 Å². The number of hydrogen-bond donors (Lipinski definition) is 1. The van der Waals surface area contributed by atoms with E-state index in [1.54, 1.807) is 17.0 Å². The lowest BCUT2D eigenvalue weighted by Crippen LogP contribution is -2.40. The lowest BCUT2D eigenvalue weighted by molar-refractivity contribution is 0.0980. The Morgan fingerprint density at radius 2 is 2.14 bits per heavy atom. The van der Waals surface area contributed by atoms with Gasteiger partial charge in [-0.05, 0) is 30.7 Å². The van der Waals surface area contributed by atoms with E-state index in [0.717, 1.165) is 17.8 Å². The van der Waals surface area contributed by atoms with E-state index >= 15 is 0 Å². The first-order chi connectivity index (χ1) is 10.1. The Kier molecular flexibility index (Phi) is 3.90. The van der Waals surface area contributed by atoms with Gasteiger partial charge in [-0.3, -0.25) is 4.79 Å². The highest BCUT2D eigenvalue weighted by Gasteiger charge is 2.25. The van der Waals surface area contributed by atoms with Gasteiger partial charge >= 0.3 is 0 Å². The van der Waals surface area contributed by atoms with Gasteiger partial charge in [0.05, 0.1) is 5.02 Å². The number of anilines is 1. The van der Waals surface area contributed by atoms with Gasteiger partial charge in [0.1, 0.15) is 5.69 Å². The van der Waals surface area contributed by atoms with Crippen LogP contribution in [0.4, 0.5) is 5.69 Å². The molecule has 1 aromatic heterocycles. The van der Waals surface area contributed by atoms with Gasteiger partial charge in [0.15, 0.2) is 0 Å². The number of amides is 1. The fourth-order valence-electron chi connectivity index (χ4n) is 2.48. The van der Waals surface area contributed by atoms with Gasteiger partial charge in [0.25, 0.3) is 5.91 Å². The Balaban J connectivity index is 1.99. The number of aromatic nitrogens is 1. The van der Waals surface area contributed by atoms with Crippen molar-refractivity contribution in [1.82, 2.24) is 10.3 Å². The van der Waals surface area contributed by atoms with Crippen LogP contribution >= 0.6 is 11.6 Å². The third kappa shape index (κ3) is 2.91. The van der Waals surface area contributed by atoms with Crippen molar-refractivity contribution in [2.24, 2.45) is 0 Å². The molecule has 4 nitrogen and oxygen atoms in total. The molecule has 5 heteroatoms. The first-order valence-electron chi connectivity index (χ1n) is 6.90. The first-order valence-corrected chi connectivity index (χ1v) is 7.27. The molecule has 108 valence electrons. The Bertz CT molecular complexity index is 657. The molecular weight excluding hydrogens is 286 g/mol. The molecule has 0 bridgehead atoms. The summed E-state index contributed by atoms with van der Waals surface area (Å²) in [6, 6.07) is 11.5. The lowest BCUT2D eigenvalue weighted by atomic mass is 10.1. The maximum absolute atomic E-state index is 12.8. The number of hydrogen-bond acceptors (Lipinski definition) is 3. The predicted molar refractivity (Wildman–Crippen MR) is 83.7 cm³/mol. The molecule has 3 rings (SSSR count). The Morgan fingerprint density at radius 1 is 1.33 bits per heavy atom. The second-order valence-corrected chi connectivity index (χ2v) is 5.62. The number of nitrogens with zero attached hydrogens (tertiary/aromatic N) is 2. The molecule has 0 fully saturated rings. The molecule has 1 atom stereocenters. The summed E-state index contributed by atoms with van der Waals surface area (Å²) in [5, 5.41) is 3.94.